The molecule has 1 aliphatic carbocycles. The molecule has 1 saturated carbocycles. The molecule has 2 aromatic rings. The fourth-order valence-corrected chi connectivity index (χ4v) is 5.17. The number of rotatable bonds is 7. The number of hydrogen-bond acceptors (Lipinski definition) is 6. The number of piperidine rings is 1. The largest absolute Gasteiger partial charge is 0.352 e. The maximum atomic E-state index is 12.9. The Hall–Kier alpha value is -1.88. The van der Waals surface area contributed by atoms with E-state index in [2.05, 4.69) is 38.8 Å². The zero-order valence-corrected chi connectivity index (χ0v) is 18.3. The smallest absolute Gasteiger partial charge is 0.252 e. The molecule has 1 N–H and O–H groups in total. The van der Waals surface area contributed by atoms with Crippen molar-refractivity contribution in [2.45, 2.75) is 43.2 Å². The minimum Gasteiger partial charge on any atom is -0.352 e. The molecular formula is C22H26N4OS2. The first-order chi connectivity index (χ1) is 14.2. The molecule has 5 nitrogen and oxygen atoms in total. The Bertz CT molecular complexity index is 894. The Labute approximate surface area is 180 Å². The molecule has 0 unspecified atom stereocenters. The van der Waals surface area contributed by atoms with Crippen LogP contribution in [-0.2, 0) is 6.54 Å². The lowest BCUT2D eigenvalue weighted by atomic mass is 9.96. The van der Waals surface area contributed by atoms with Gasteiger partial charge in [0.2, 0.25) is 0 Å². The number of carbonyl (C=O) groups is 1. The summed E-state index contributed by atoms with van der Waals surface area (Å²) in [5.41, 5.74) is 1.86. The molecule has 29 heavy (non-hydrogen) atoms. The number of carbonyl (C=O) groups excluding carboxylic acids is 1. The van der Waals surface area contributed by atoms with Crippen molar-refractivity contribution in [1.29, 1.82) is 5.26 Å². The molecule has 0 bridgehead atoms. The topological polar surface area (TPSA) is 69.0 Å². The van der Waals surface area contributed by atoms with E-state index >= 15 is 0 Å². The lowest BCUT2D eigenvalue weighted by Gasteiger charge is -2.31. The summed E-state index contributed by atoms with van der Waals surface area (Å²) in [5, 5.41) is 15.5. The number of aromatic nitrogens is 1. The molecule has 1 saturated heterocycles. The maximum absolute atomic E-state index is 12.9. The van der Waals surface area contributed by atoms with Crippen molar-refractivity contribution in [3.05, 3.63) is 45.3 Å². The molecule has 1 amide bonds. The summed E-state index contributed by atoms with van der Waals surface area (Å²) in [6.07, 6.45) is 6.34. The van der Waals surface area contributed by atoms with Gasteiger partial charge in [0.15, 0.2) is 0 Å². The van der Waals surface area contributed by atoms with Gasteiger partial charge >= 0.3 is 0 Å². The third kappa shape index (κ3) is 5.00. The number of thioether (sulfide) groups is 1. The number of amides is 1. The van der Waals surface area contributed by atoms with Crippen LogP contribution in [0, 0.1) is 17.2 Å². The van der Waals surface area contributed by atoms with Gasteiger partial charge in [0, 0.05) is 29.6 Å². The van der Waals surface area contributed by atoms with E-state index in [0.717, 1.165) is 51.0 Å². The number of pyridine rings is 1. The molecule has 3 heterocycles. The van der Waals surface area contributed by atoms with Gasteiger partial charge in [-0.05, 0) is 68.5 Å². The summed E-state index contributed by atoms with van der Waals surface area (Å²) >= 11 is 3.25. The second-order valence-corrected chi connectivity index (χ2v) is 9.70. The molecule has 0 radical (unpaired) electrons. The number of nitriles is 1. The Kier molecular flexibility index (Phi) is 6.53. The minimum absolute atomic E-state index is 0.137. The second-order valence-electron chi connectivity index (χ2n) is 7.87. The Morgan fingerprint density at radius 2 is 2.17 bits per heavy atom. The van der Waals surface area contributed by atoms with Crippen LogP contribution >= 0.6 is 23.1 Å². The van der Waals surface area contributed by atoms with E-state index in [9.17, 15) is 10.1 Å². The van der Waals surface area contributed by atoms with Gasteiger partial charge in [-0.3, -0.25) is 9.69 Å². The van der Waals surface area contributed by atoms with Crippen molar-refractivity contribution in [3.63, 3.8) is 0 Å². The molecule has 7 heteroatoms. The molecule has 2 aromatic heterocycles. The summed E-state index contributed by atoms with van der Waals surface area (Å²) in [6, 6.07) is 8.34. The lowest BCUT2D eigenvalue weighted by molar-refractivity contribution is 0.0934. The molecule has 2 fully saturated rings. The van der Waals surface area contributed by atoms with Crippen LogP contribution in [0.2, 0.25) is 0 Å². The normalized spacial score (nSPS) is 17.8. The maximum Gasteiger partial charge on any atom is 0.252 e. The zero-order valence-electron chi connectivity index (χ0n) is 16.7. The number of nitrogens with one attached hydrogen (secondary N) is 1. The molecule has 2 aliphatic rings. The molecule has 0 atom stereocenters. The molecule has 0 aromatic carbocycles. The number of hydrogen-bond donors (Lipinski definition) is 1. The zero-order chi connectivity index (χ0) is 20.2. The van der Waals surface area contributed by atoms with Crippen molar-refractivity contribution >= 4 is 29.0 Å². The van der Waals surface area contributed by atoms with E-state index in [1.165, 1.54) is 16.6 Å². The summed E-state index contributed by atoms with van der Waals surface area (Å²) < 4.78 is 0. The van der Waals surface area contributed by atoms with Crippen LogP contribution in [0.4, 0.5) is 0 Å². The van der Waals surface area contributed by atoms with Gasteiger partial charge in [0.25, 0.3) is 5.91 Å². The average Bonchev–Trinajstić information content (AvgIpc) is 3.49. The third-order valence-corrected chi connectivity index (χ3v) is 7.31. The first-order valence-electron chi connectivity index (χ1n) is 10.2. The summed E-state index contributed by atoms with van der Waals surface area (Å²) in [7, 11) is 0. The van der Waals surface area contributed by atoms with Crippen molar-refractivity contribution in [2.24, 2.45) is 5.92 Å². The first-order valence-corrected chi connectivity index (χ1v) is 12.3. The van der Waals surface area contributed by atoms with Crippen LogP contribution in [-0.4, -0.2) is 41.7 Å². The van der Waals surface area contributed by atoms with E-state index in [4.69, 9.17) is 0 Å². The van der Waals surface area contributed by atoms with E-state index < -0.39 is 0 Å². The van der Waals surface area contributed by atoms with Gasteiger partial charge in [-0.15, -0.1) is 23.1 Å². The second kappa shape index (κ2) is 9.29. The van der Waals surface area contributed by atoms with E-state index in [1.54, 1.807) is 0 Å². The average molecular weight is 427 g/mol. The molecule has 152 valence electrons. The van der Waals surface area contributed by atoms with E-state index in [0.29, 0.717) is 34.5 Å². The van der Waals surface area contributed by atoms with Crippen LogP contribution < -0.4 is 5.32 Å². The monoisotopic (exact) mass is 426 g/mol. The van der Waals surface area contributed by atoms with E-state index in [-0.39, 0.29) is 5.91 Å². The van der Waals surface area contributed by atoms with Gasteiger partial charge in [-0.25, -0.2) is 4.98 Å². The molecule has 4 rings (SSSR count). The highest BCUT2D eigenvalue weighted by Crippen LogP contribution is 2.40. The highest BCUT2D eigenvalue weighted by atomic mass is 32.2. The van der Waals surface area contributed by atoms with Crippen LogP contribution in [0.1, 0.15) is 58.1 Å². The standard InChI is InChI=1S/C22H26N4OS2/c1-28-22-19(12-23)18(11-20(25-22)16-4-5-16)21(27)24-13-15-6-8-26(9-7-15)14-17-3-2-10-29-17/h2-3,10-11,15-16H,4-9,13-14H2,1H3,(H,24,27). The fraction of sp³-hybridized carbons (Fsp3) is 0.500. The van der Waals surface area contributed by atoms with Gasteiger partial charge in [-0.2, -0.15) is 5.26 Å². The fourth-order valence-electron chi connectivity index (χ4n) is 3.87. The van der Waals surface area contributed by atoms with Gasteiger partial charge in [0.1, 0.15) is 11.1 Å². The van der Waals surface area contributed by atoms with Crippen molar-refractivity contribution in [1.82, 2.24) is 15.2 Å². The Morgan fingerprint density at radius 1 is 1.38 bits per heavy atom. The minimum atomic E-state index is -0.137. The van der Waals surface area contributed by atoms with Crippen LogP contribution in [0.15, 0.2) is 28.6 Å². The lowest BCUT2D eigenvalue weighted by Crippen LogP contribution is -2.38. The number of likely N-dealkylation sites (tertiary alicyclic amines) is 1. The molecular weight excluding hydrogens is 400 g/mol. The third-order valence-electron chi connectivity index (χ3n) is 5.77. The van der Waals surface area contributed by atoms with Crippen molar-refractivity contribution in [3.8, 4) is 6.07 Å². The molecule has 1 aliphatic heterocycles. The Morgan fingerprint density at radius 3 is 2.79 bits per heavy atom. The van der Waals surface area contributed by atoms with Gasteiger partial charge in [-0.1, -0.05) is 6.07 Å². The highest BCUT2D eigenvalue weighted by molar-refractivity contribution is 7.98. The van der Waals surface area contributed by atoms with Gasteiger partial charge in [0.05, 0.1) is 11.1 Å². The predicted molar refractivity (Wildman–Crippen MR) is 117 cm³/mol. The SMILES string of the molecule is CSc1nc(C2CC2)cc(C(=O)NCC2CCN(Cc3cccs3)CC2)c1C#N. The summed E-state index contributed by atoms with van der Waals surface area (Å²) in [5.74, 6) is 0.809. The predicted octanol–water partition coefficient (Wildman–Crippen LogP) is 4.26. The van der Waals surface area contributed by atoms with Crippen LogP contribution in [0.5, 0.6) is 0 Å². The molecule has 0 spiro atoms. The number of thiophene rings is 1. The quantitative estimate of drug-likeness (QED) is 0.670. The van der Waals surface area contributed by atoms with Crippen LogP contribution in [0.3, 0.4) is 0 Å². The highest BCUT2D eigenvalue weighted by Gasteiger charge is 2.29. The van der Waals surface area contributed by atoms with Crippen molar-refractivity contribution < 1.29 is 4.79 Å². The number of nitrogens with zero attached hydrogens (tertiary/aromatic N) is 3. The summed E-state index contributed by atoms with van der Waals surface area (Å²) in [6.45, 7) is 3.84. The summed E-state index contributed by atoms with van der Waals surface area (Å²) in [4.78, 5) is 21.4. The van der Waals surface area contributed by atoms with Crippen molar-refractivity contribution in [2.75, 3.05) is 25.9 Å². The Balaban J connectivity index is 1.34. The van der Waals surface area contributed by atoms with E-state index in [1.807, 2.05) is 23.7 Å². The first kappa shape index (κ1) is 20.4. The van der Waals surface area contributed by atoms with Gasteiger partial charge < -0.3 is 5.32 Å². The van der Waals surface area contributed by atoms with Crippen LogP contribution in [0.25, 0.3) is 0 Å².